The third-order valence-corrected chi connectivity index (χ3v) is 6.05. The van der Waals surface area contributed by atoms with Gasteiger partial charge in [0.05, 0.1) is 11.1 Å². The van der Waals surface area contributed by atoms with E-state index in [0.717, 1.165) is 12.8 Å². The van der Waals surface area contributed by atoms with Crippen LogP contribution in [0.15, 0.2) is 42.5 Å². The highest BCUT2D eigenvalue weighted by atomic mass is 15.3. The van der Waals surface area contributed by atoms with Gasteiger partial charge >= 0.3 is 0 Å². The molecule has 4 rings (SSSR count). The summed E-state index contributed by atoms with van der Waals surface area (Å²) in [6.45, 7) is 6.87. The molecule has 0 N–H and O–H groups in total. The fourth-order valence-corrected chi connectivity index (χ4v) is 5.14. The molecule has 0 fully saturated rings. The highest BCUT2D eigenvalue weighted by Crippen LogP contribution is 2.64. The number of fused-ring (bicyclic) bond motifs is 8. The zero-order chi connectivity index (χ0) is 14.8. The van der Waals surface area contributed by atoms with Crippen molar-refractivity contribution in [2.24, 2.45) is 0 Å². The number of hydrogen-bond donors (Lipinski definition) is 0. The molecular weight excluding hydrogens is 254 g/mol. The summed E-state index contributed by atoms with van der Waals surface area (Å²) in [4.78, 5) is 2.65. The van der Waals surface area contributed by atoms with Gasteiger partial charge in [0.25, 0.3) is 0 Å². The Labute approximate surface area is 127 Å². The molecule has 2 bridgehead atoms. The van der Waals surface area contributed by atoms with Crippen molar-refractivity contribution >= 4 is 0 Å². The molecule has 21 heavy (non-hydrogen) atoms. The van der Waals surface area contributed by atoms with Crippen LogP contribution in [0.1, 0.15) is 54.5 Å². The molecular formula is C20H23N. The number of hydrogen-bond acceptors (Lipinski definition) is 1. The Balaban J connectivity index is 2.17. The summed E-state index contributed by atoms with van der Waals surface area (Å²) in [6, 6.07) is 16.1. The Kier molecular flexibility index (Phi) is 2.48. The lowest BCUT2D eigenvalue weighted by atomic mass is 9.70. The second-order valence-corrected chi connectivity index (χ2v) is 6.58. The van der Waals surface area contributed by atoms with Gasteiger partial charge in [-0.3, -0.25) is 4.90 Å². The second kappa shape index (κ2) is 3.98. The first kappa shape index (κ1) is 13.1. The van der Waals surface area contributed by atoms with Crippen molar-refractivity contribution in [3.63, 3.8) is 0 Å². The van der Waals surface area contributed by atoms with E-state index in [-0.39, 0.29) is 11.1 Å². The molecule has 0 saturated carbocycles. The maximum absolute atomic E-state index is 2.65. The first-order valence-corrected chi connectivity index (χ1v) is 8.08. The number of nitrogens with zero attached hydrogens (tertiary/aromatic N) is 1. The minimum Gasteiger partial charge on any atom is -0.279 e. The molecule has 0 amide bonds. The predicted molar refractivity (Wildman–Crippen MR) is 87.5 cm³/mol. The van der Waals surface area contributed by atoms with Gasteiger partial charge in [-0.1, -0.05) is 61.9 Å². The van der Waals surface area contributed by atoms with E-state index in [2.05, 4.69) is 75.2 Å². The maximum Gasteiger partial charge on any atom is 0.0727 e. The Morgan fingerprint density at radius 1 is 0.810 bits per heavy atom. The van der Waals surface area contributed by atoms with Crippen molar-refractivity contribution in [2.45, 2.75) is 44.7 Å². The zero-order valence-corrected chi connectivity index (χ0v) is 13.4. The first-order valence-electron chi connectivity index (χ1n) is 8.08. The fraction of sp³-hybridized carbons (Fsp3) is 0.400. The summed E-state index contributed by atoms with van der Waals surface area (Å²) in [5.41, 5.74) is 7.60. The Hall–Kier alpha value is -1.60. The van der Waals surface area contributed by atoms with Gasteiger partial charge in [-0.25, -0.2) is 0 Å². The Morgan fingerprint density at radius 2 is 1.33 bits per heavy atom. The number of aryl methyl sites for hydroxylation is 1. The SMILES string of the molecule is CCC12c3ccccc3C(CC)(c3cc(C)ccc31)N2C. The van der Waals surface area contributed by atoms with Crippen molar-refractivity contribution in [1.29, 1.82) is 0 Å². The van der Waals surface area contributed by atoms with Crippen LogP contribution in [0.2, 0.25) is 0 Å². The number of rotatable bonds is 2. The molecule has 0 aromatic heterocycles. The molecule has 1 nitrogen and oxygen atoms in total. The molecule has 108 valence electrons. The molecule has 2 aromatic rings. The molecule has 0 aliphatic carbocycles. The van der Waals surface area contributed by atoms with Crippen molar-refractivity contribution in [1.82, 2.24) is 4.90 Å². The minimum absolute atomic E-state index is 0.0634. The van der Waals surface area contributed by atoms with Crippen molar-refractivity contribution in [3.8, 4) is 0 Å². The molecule has 2 heterocycles. The van der Waals surface area contributed by atoms with Gasteiger partial charge in [0, 0.05) is 0 Å². The third-order valence-electron chi connectivity index (χ3n) is 6.05. The van der Waals surface area contributed by atoms with Gasteiger partial charge in [0.1, 0.15) is 0 Å². The molecule has 1 heteroatoms. The van der Waals surface area contributed by atoms with Gasteiger partial charge in [-0.2, -0.15) is 0 Å². The topological polar surface area (TPSA) is 3.24 Å². The van der Waals surface area contributed by atoms with E-state index in [0.29, 0.717) is 0 Å². The summed E-state index contributed by atoms with van der Waals surface area (Å²) in [5, 5.41) is 0. The quantitative estimate of drug-likeness (QED) is 0.777. The van der Waals surface area contributed by atoms with Crippen LogP contribution in [0, 0.1) is 6.92 Å². The van der Waals surface area contributed by atoms with Crippen LogP contribution in [-0.4, -0.2) is 11.9 Å². The van der Waals surface area contributed by atoms with Gasteiger partial charge in [0.2, 0.25) is 0 Å². The van der Waals surface area contributed by atoms with E-state index >= 15 is 0 Å². The molecule has 2 aliphatic rings. The fourth-order valence-electron chi connectivity index (χ4n) is 5.14. The van der Waals surface area contributed by atoms with Crippen LogP contribution >= 0.6 is 0 Å². The standard InChI is InChI=1S/C20H23N/c1-5-19-15-9-7-8-10-16(15)20(6-2,21(19)4)18-13-14(3)11-12-17(18)19/h7-13H,5-6H2,1-4H3. The molecule has 0 radical (unpaired) electrons. The molecule has 0 spiro atoms. The van der Waals surface area contributed by atoms with E-state index in [1.807, 2.05) is 0 Å². The third kappa shape index (κ3) is 1.19. The molecule has 2 atom stereocenters. The monoisotopic (exact) mass is 277 g/mol. The summed E-state index contributed by atoms with van der Waals surface area (Å²) < 4.78 is 0. The van der Waals surface area contributed by atoms with Crippen molar-refractivity contribution in [2.75, 3.05) is 7.05 Å². The highest BCUT2D eigenvalue weighted by Gasteiger charge is 2.63. The summed E-state index contributed by atoms with van der Waals surface area (Å²) in [7, 11) is 2.32. The lowest BCUT2D eigenvalue weighted by Gasteiger charge is -2.36. The maximum atomic E-state index is 2.65. The minimum atomic E-state index is 0.0634. The van der Waals surface area contributed by atoms with E-state index in [1.54, 1.807) is 0 Å². The van der Waals surface area contributed by atoms with Gasteiger partial charge in [-0.05, 0) is 49.1 Å². The zero-order valence-electron chi connectivity index (χ0n) is 13.4. The van der Waals surface area contributed by atoms with Gasteiger partial charge < -0.3 is 0 Å². The van der Waals surface area contributed by atoms with Crippen LogP contribution < -0.4 is 0 Å². The van der Waals surface area contributed by atoms with E-state index in [9.17, 15) is 0 Å². The Bertz CT molecular complexity index is 732. The lowest BCUT2D eigenvalue weighted by Crippen LogP contribution is -2.42. The van der Waals surface area contributed by atoms with E-state index in [1.165, 1.54) is 27.8 Å². The molecule has 2 aromatic carbocycles. The largest absolute Gasteiger partial charge is 0.279 e. The second-order valence-electron chi connectivity index (χ2n) is 6.58. The average molecular weight is 277 g/mol. The Morgan fingerprint density at radius 3 is 1.90 bits per heavy atom. The van der Waals surface area contributed by atoms with Crippen LogP contribution in [0.25, 0.3) is 0 Å². The summed E-state index contributed by atoms with van der Waals surface area (Å²) >= 11 is 0. The molecule has 2 aliphatic heterocycles. The van der Waals surface area contributed by atoms with E-state index < -0.39 is 0 Å². The van der Waals surface area contributed by atoms with E-state index in [4.69, 9.17) is 0 Å². The first-order chi connectivity index (χ1) is 10.1. The van der Waals surface area contributed by atoms with Crippen LogP contribution in [0.3, 0.4) is 0 Å². The average Bonchev–Trinajstić information content (AvgIpc) is 2.87. The molecule has 0 saturated heterocycles. The lowest BCUT2D eigenvalue weighted by molar-refractivity contribution is 0.103. The molecule has 2 unspecified atom stereocenters. The van der Waals surface area contributed by atoms with Crippen LogP contribution in [-0.2, 0) is 11.1 Å². The predicted octanol–water partition coefficient (Wildman–Crippen LogP) is 4.56. The highest BCUT2D eigenvalue weighted by molar-refractivity contribution is 5.65. The van der Waals surface area contributed by atoms with Crippen LogP contribution in [0.5, 0.6) is 0 Å². The normalized spacial score (nSPS) is 29.5. The van der Waals surface area contributed by atoms with Gasteiger partial charge in [0.15, 0.2) is 0 Å². The van der Waals surface area contributed by atoms with Crippen LogP contribution in [0.4, 0.5) is 0 Å². The smallest absolute Gasteiger partial charge is 0.0727 e. The summed E-state index contributed by atoms with van der Waals surface area (Å²) in [5.74, 6) is 0. The van der Waals surface area contributed by atoms with Crippen molar-refractivity contribution < 1.29 is 0 Å². The summed E-state index contributed by atoms with van der Waals surface area (Å²) in [6.07, 6.45) is 2.25. The van der Waals surface area contributed by atoms with Gasteiger partial charge in [-0.15, -0.1) is 0 Å². The van der Waals surface area contributed by atoms with Crippen molar-refractivity contribution in [3.05, 3.63) is 70.3 Å². The number of benzene rings is 2.